The zero-order chi connectivity index (χ0) is 14.7. The predicted molar refractivity (Wildman–Crippen MR) is 74.1 cm³/mol. The van der Waals surface area contributed by atoms with E-state index in [1.165, 1.54) is 10.8 Å². The zero-order valence-corrected chi connectivity index (χ0v) is 11.8. The molecule has 20 heavy (non-hydrogen) atoms. The Hall–Kier alpha value is -2.01. The first-order valence-electron chi connectivity index (χ1n) is 6.17. The van der Waals surface area contributed by atoms with Crippen LogP contribution in [0.5, 0.6) is 0 Å². The normalized spacial score (nSPS) is 16.2. The van der Waals surface area contributed by atoms with Gasteiger partial charge in [-0.05, 0) is 25.1 Å². The smallest absolute Gasteiger partial charge is 0.321 e. The first-order valence-corrected chi connectivity index (χ1v) is 7.15. The summed E-state index contributed by atoms with van der Waals surface area (Å²) in [5.41, 5.74) is -0.613. The van der Waals surface area contributed by atoms with Gasteiger partial charge in [0.1, 0.15) is 11.6 Å². The molecule has 1 aliphatic rings. The number of H-pyrrole nitrogens is 1. The summed E-state index contributed by atoms with van der Waals surface area (Å²) in [5.74, 6) is 0.248. The maximum atomic E-state index is 11.9. The van der Waals surface area contributed by atoms with Crippen molar-refractivity contribution in [1.29, 1.82) is 5.26 Å². The summed E-state index contributed by atoms with van der Waals surface area (Å²) in [6.07, 6.45) is 2.08. The van der Waals surface area contributed by atoms with Crippen LogP contribution in [0.4, 0.5) is 0 Å². The summed E-state index contributed by atoms with van der Waals surface area (Å²) in [4.78, 5) is 39.0. The minimum absolute atomic E-state index is 0.0377. The summed E-state index contributed by atoms with van der Waals surface area (Å²) in [7, 11) is 0. The standard InChI is InChI=1S/C12H14N4O3S/c1-8-5-16(12(19)14-11(8)18)9(6-20-7-13)15-4-2-3-10(15)17/h5,9H,2-4,6H2,1H3,(H,14,18,19). The Kier molecular flexibility index (Phi) is 4.29. The average molecular weight is 294 g/mol. The summed E-state index contributed by atoms with van der Waals surface area (Å²) in [6, 6.07) is 0. The molecule has 2 rings (SSSR count). The van der Waals surface area contributed by atoms with E-state index in [-0.39, 0.29) is 11.7 Å². The summed E-state index contributed by atoms with van der Waals surface area (Å²) in [5, 5.41) is 10.6. The first kappa shape index (κ1) is 14.4. The Labute approximate surface area is 119 Å². The second-order valence-corrected chi connectivity index (χ2v) is 5.36. The predicted octanol–water partition coefficient (Wildman–Crippen LogP) is 0.180. The molecule has 0 aromatic carbocycles. The summed E-state index contributed by atoms with van der Waals surface area (Å²) >= 11 is 0.979. The van der Waals surface area contributed by atoms with Crippen molar-refractivity contribution in [2.24, 2.45) is 0 Å². The zero-order valence-electron chi connectivity index (χ0n) is 11.0. The number of likely N-dealkylation sites (tertiary alicyclic amines) is 1. The largest absolute Gasteiger partial charge is 0.330 e. The highest BCUT2D eigenvalue weighted by atomic mass is 32.2. The van der Waals surface area contributed by atoms with Crippen molar-refractivity contribution in [3.05, 3.63) is 32.6 Å². The van der Waals surface area contributed by atoms with Crippen LogP contribution in [0, 0.1) is 17.6 Å². The molecule has 8 heteroatoms. The molecule has 1 atom stereocenters. The summed E-state index contributed by atoms with van der Waals surface area (Å²) < 4.78 is 1.32. The number of carbonyl (C=O) groups excluding carboxylic acids is 1. The highest BCUT2D eigenvalue weighted by Gasteiger charge is 2.30. The molecule has 7 nitrogen and oxygen atoms in total. The van der Waals surface area contributed by atoms with Crippen molar-refractivity contribution >= 4 is 17.7 Å². The van der Waals surface area contributed by atoms with Crippen LogP contribution >= 0.6 is 11.8 Å². The van der Waals surface area contributed by atoms with Crippen molar-refractivity contribution in [1.82, 2.24) is 14.5 Å². The van der Waals surface area contributed by atoms with Crippen LogP contribution in [0.1, 0.15) is 24.6 Å². The summed E-state index contributed by atoms with van der Waals surface area (Å²) in [6.45, 7) is 2.15. The van der Waals surface area contributed by atoms with E-state index in [2.05, 4.69) is 4.98 Å². The van der Waals surface area contributed by atoms with Crippen LogP contribution in [0.15, 0.2) is 15.8 Å². The number of nitriles is 1. The Balaban J connectivity index is 2.43. The molecule has 1 aromatic heterocycles. The van der Waals surface area contributed by atoms with E-state index < -0.39 is 17.4 Å². The topological polar surface area (TPSA) is 99.0 Å². The molecule has 1 unspecified atom stereocenters. The minimum atomic E-state index is -0.566. The number of hydrogen-bond donors (Lipinski definition) is 1. The van der Waals surface area contributed by atoms with E-state index in [0.29, 0.717) is 18.5 Å². The lowest BCUT2D eigenvalue weighted by Crippen LogP contribution is -2.42. The average Bonchev–Trinajstić information content (AvgIpc) is 2.82. The molecule has 1 fully saturated rings. The molecule has 1 saturated heterocycles. The van der Waals surface area contributed by atoms with Crippen molar-refractivity contribution in [2.75, 3.05) is 12.3 Å². The molecular formula is C12H14N4O3S. The van der Waals surface area contributed by atoms with E-state index in [4.69, 9.17) is 5.26 Å². The fourth-order valence-electron chi connectivity index (χ4n) is 2.22. The van der Waals surface area contributed by atoms with Crippen LogP contribution in [-0.2, 0) is 4.79 Å². The molecule has 1 amide bonds. The molecule has 0 spiro atoms. The van der Waals surface area contributed by atoms with Gasteiger partial charge in [0.2, 0.25) is 5.91 Å². The van der Waals surface area contributed by atoms with Gasteiger partial charge >= 0.3 is 5.69 Å². The van der Waals surface area contributed by atoms with Gasteiger partial charge in [-0.3, -0.25) is 19.1 Å². The lowest BCUT2D eigenvalue weighted by molar-refractivity contribution is -0.130. The van der Waals surface area contributed by atoms with Crippen molar-refractivity contribution in [3.63, 3.8) is 0 Å². The fourth-order valence-corrected chi connectivity index (χ4v) is 2.79. The van der Waals surface area contributed by atoms with Gasteiger partial charge in [0, 0.05) is 30.5 Å². The maximum Gasteiger partial charge on any atom is 0.330 e. The second-order valence-electron chi connectivity index (χ2n) is 4.55. The van der Waals surface area contributed by atoms with Gasteiger partial charge in [0.25, 0.3) is 5.56 Å². The molecule has 1 N–H and O–H groups in total. The number of thioether (sulfide) groups is 1. The van der Waals surface area contributed by atoms with Gasteiger partial charge in [0.05, 0.1) is 0 Å². The molecule has 0 radical (unpaired) electrons. The number of aromatic nitrogens is 2. The van der Waals surface area contributed by atoms with Crippen LogP contribution < -0.4 is 11.2 Å². The molecule has 0 saturated carbocycles. The number of carbonyl (C=O) groups is 1. The molecular weight excluding hydrogens is 280 g/mol. The molecule has 1 aromatic rings. The lowest BCUT2D eigenvalue weighted by Gasteiger charge is -2.28. The SMILES string of the molecule is Cc1cn(C(CSC#N)N2CCCC2=O)c(=O)[nH]c1=O. The van der Waals surface area contributed by atoms with Crippen molar-refractivity contribution < 1.29 is 4.79 Å². The van der Waals surface area contributed by atoms with E-state index in [9.17, 15) is 14.4 Å². The lowest BCUT2D eigenvalue weighted by atomic mass is 10.3. The molecule has 2 heterocycles. The Morgan fingerprint density at radius 1 is 1.50 bits per heavy atom. The van der Waals surface area contributed by atoms with Gasteiger partial charge in [-0.15, -0.1) is 0 Å². The van der Waals surface area contributed by atoms with Gasteiger partial charge in [-0.2, -0.15) is 5.26 Å². The molecule has 0 aliphatic carbocycles. The molecule has 0 bridgehead atoms. The number of rotatable bonds is 4. The highest BCUT2D eigenvalue weighted by molar-refractivity contribution is 8.03. The third-order valence-corrected chi connectivity index (χ3v) is 3.83. The minimum Gasteiger partial charge on any atom is -0.321 e. The van der Waals surface area contributed by atoms with Crippen LogP contribution in [0.25, 0.3) is 0 Å². The van der Waals surface area contributed by atoms with Crippen LogP contribution in [0.2, 0.25) is 0 Å². The number of aryl methyl sites for hydroxylation is 1. The van der Waals surface area contributed by atoms with Crippen LogP contribution in [0.3, 0.4) is 0 Å². The van der Waals surface area contributed by atoms with Crippen molar-refractivity contribution in [3.8, 4) is 5.40 Å². The van der Waals surface area contributed by atoms with Gasteiger partial charge < -0.3 is 4.90 Å². The monoisotopic (exact) mass is 294 g/mol. The first-order chi connectivity index (χ1) is 9.54. The van der Waals surface area contributed by atoms with E-state index >= 15 is 0 Å². The number of thiocyanates is 1. The third kappa shape index (κ3) is 2.77. The van der Waals surface area contributed by atoms with Crippen molar-refractivity contribution in [2.45, 2.75) is 25.9 Å². The van der Waals surface area contributed by atoms with E-state index in [0.717, 1.165) is 18.2 Å². The third-order valence-electron chi connectivity index (χ3n) is 3.23. The number of hydrogen-bond acceptors (Lipinski definition) is 5. The number of nitrogens with zero attached hydrogens (tertiary/aromatic N) is 3. The highest BCUT2D eigenvalue weighted by Crippen LogP contribution is 2.23. The Morgan fingerprint density at radius 3 is 2.85 bits per heavy atom. The number of nitrogens with one attached hydrogen (secondary N) is 1. The van der Waals surface area contributed by atoms with E-state index in [1.807, 2.05) is 5.40 Å². The van der Waals surface area contributed by atoms with Gasteiger partial charge in [0.15, 0.2) is 0 Å². The Bertz CT molecular complexity index is 673. The molecule has 106 valence electrons. The number of amides is 1. The maximum absolute atomic E-state index is 11.9. The second kappa shape index (κ2) is 5.96. The number of aromatic amines is 1. The van der Waals surface area contributed by atoms with Gasteiger partial charge in [-0.25, -0.2) is 4.79 Å². The van der Waals surface area contributed by atoms with E-state index in [1.54, 1.807) is 11.8 Å². The van der Waals surface area contributed by atoms with Crippen LogP contribution in [-0.4, -0.2) is 32.7 Å². The fraction of sp³-hybridized carbons (Fsp3) is 0.500. The quantitative estimate of drug-likeness (QED) is 0.799. The molecule has 1 aliphatic heterocycles. The van der Waals surface area contributed by atoms with Gasteiger partial charge in [-0.1, -0.05) is 0 Å². The Morgan fingerprint density at radius 2 is 2.25 bits per heavy atom.